The molecule has 0 fully saturated rings. The van der Waals surface area contributed by atoms with E-state index in [1.165, 1.54) is 24.3 Å². The fourth-order valence-electron chi connectivity index (χ4n) is 2.23. The Bertz CT molecular complexity index is 843. The lowest BCUT2D eigenvalue weighted by Gasteiger charge is -2.25. The quantitative estimate of drug-likeness (QED) is 0.614. The molecule has 0 bridgehead atoms. The Balaban J connectivity index is 1.52. The van der Waals surface area contributed by atoms with Gasteiger partial charge in [0.15, 0.2) is 11.5 Å². The second-order valence-corrected chi connectivity index (χ2v) is 6.52. The van der Waals surface area contributed by atoms with Gasteiger partial charge in [-0.1, -0.05) is 12.1 Å². The van der Waals surface area contributed by atoms with Gasteiger partial charge in [0.1, 0.15) is 6.61 Å². The Morgan fingerprint density at radius 3 is 2.33 bits per heavy atom. The van der Waals surface area contributed by atoms with Crippen molar-refractivity contribution in [1.82, 2.24) is 10.9 Å². The van der Waals surface area contributed by atoms with Crippen LogP contribution in [0.1, 0.15) is 10.4 Å². The van der Waals surface area contributed by atoms with Crippen molar-refractivity contribution in [3.05, 3.63) is 54.1 Å². The second kappa shape index (κ2) is 7.78. The second-order valence-electron chi connectivity index (χ2n) is 5.38. The van der Waals surface area contributed by atoms with Crippen molar-refractivity contribution < 1.29 is 32.2 Å². The Kier molecular flexibility index (Phi) is 5.45. The minimum Gasteiger partial charge on any atom is -0.485 e. The summed E-state index contributed by atoms with van der Waals surface area (Å²) in [6.07, 6.45) is -0.953. The molecule has 0 aromatic heterocycles. The van der Waals surface area contributed by atoms with Crippen molar-refractivity contribution in [3.63, 3.8) is 0 Å². The van der Waals surface area contributed by atoms with Crippen molar-refractivity contribution in [2.45, 2.75) is 16.5 Å². The van der Waals surface area contributed by atoms with Gasteiger partial charge >= 0.3 is 5.51 Å². The molecular formula is C17H13F3N2O4S. The van der Waals surface area contributed by atoms with Gasteiger partial charge in [-0.15, -0.1) is 0 Å². The SMILES string of the molecule is O=C(NNC(=O)[C@H]1COc2ccccc2O1)c1ccc(SC(F)(F)F)cc1. The molecule has 0 unspecified atom stereocenters. The van der Waals surface area contributed by atoms with Crippen LogP contribution in [0.2, 0.25) is 0 Å². The molecule has 27 heavy (non-hydrogen) atoms. The Hall–Kier alpha value is -2.88. The fourth-order valence-corrected chi connectivity index (χ4v) is 2.77. The first-order valence-corrected chi connectivity index (χ1v) is 8.48. The van der Waals surface area contributed by atoms with Crippen LogP contribution in [-0.4, -0.2) is 30.0 Å². The standard InChI is InChI=1S/C17H13F3N2O4S/c18-17(19,20)27-11-7-5-10(6-8-11)15(23)21-22-16(24)14-9-25-12-3-1-2-4-13(12)26-14/h1-8,14H,9H2,(H,21,23)(H,22,24)/t14-/m1/s1. The number of hydrogen-bond donors (Lipinski definition) is 2. The van der Waals surface area contributed by atoms with Crippen molar-refractivity contribution in [2.24, 2.45) is 0 Å². The van der Waals surface area contributed by atoms with Gasteiger partial charge in [-0.25, -0.2) is 0 Å². The van der Waals surface area contributed by atoms with Gasteiger partial charge in [0.25, 0.3) is 11.8 Å². The van der Waals surface area contributed by atoms with Gasteiger partial charge in [-0.2, -0.15) is 13.2 Å². The van der Waals surface area contributed by atoms with Crippen molar-refractivity contribution in [2.75, 3.05) is 6.61 Å². The van der Waals surface area contributed by atoms with Crippen LogP contribution in [0.5, 0.6) is 11.5 Å². The van der Waals surface area contributed by atoms with E-state index in [-0.39, 0.29) is 28.8 Å². The largest absolute Gasteiger partial charge is 0.485 e. The highest BCUT2D eigenvalue weighted by molar-refractivity contribution is 8.00. The van der Waals surface area contributed by atoms with E-state index < -0.39 is 23.4 Å². The van der Waals surface area contributed by atoms with Crippen molar-refractivity contribution in [3.8, 4) is 11.5 Å². The summed E-state index contributed by atoms with van der Waals surface area (Å²) in [5, 5.41) is 0. The van der Waals surface area contributed by atoms with E-state index in [4.69, 9.17) is 9.47 Å². The minimum atomic E-state index is -4.40. The lowest BCUT2D eigenvalue weighted by atomic mass is 10.2. The molecule has 0 saturated carbocycles. The summed E-state index contributed by atoms with van der Waals surface area (Å²) in [4.78, 5) is 24.0. The first kappa shape index (κ1) is 18.9. The summed E-state index contributed by atoms with van der Waals surface area (Å²) >= 11 is -0.279. The zero-order valence-electron chi connectivity index (χ0n) is 13.6. The van der Waals surface area contributed by atoms with Gasteiger partial charge < -0.3 is 9.47 Å². The number of alkyl halides is 3. The molecule has 0 saturated heterocycles. The molecule has 1 aliphatic rings. The highest BCUT2D eigenvalue weighted by Crippen LogP contribution is 2.36. The lowest BCUT2D eigenvalue weighted by molar-refractivity contribution is -0.131. The molecule has 1 aliphatic heterocycles. The molecule has 0 radical (unpaired) electrons. The van der Waals surface area contributed by atoms with Crippen LogP contribution in [0.15, 0.2) is 53.4 Å². The summed E-state index contributed by atoms with van der Waals surface area (Å²) in [6, 6.07) is 11.6. The number of nitrogens with one attached hydrogen (secondary N) is 2. The van der Waals surface area contributed by atoms with E-state index in [0.29, 0.717) is 11.5 Å². The van der Waals surface area contributed by atoms with Crippen LogP contribution < -0.4 is 20.3 Å². The molecule has 2 amide bonds. The fraction of sp³-hybridized carbons (Fsp3) is 0.176. The minimum absolute atomic E-state index is 0.0257. The number of thioether (sulfide) groups is 1. The smallest absolute Gasteiger partial charge is 0.446 e. The van der Waals surface area contributed by atoms with Crippen molar-refractivity contribution in [1.29, 1.82) is 0 Å². The molecule has 1 heterocycles. The number of rotatable bonds is 3. The number of para-hydroxylation sites is 2. The maximum Gasteiger partial charge on any atom is 0.446 e. The monoisotopic (exact) mass is 398 g/mol. The van der Waals surface area contributed by atoms with Gasteiger partial charge in [0.05, 0.1) is 0 Å². The maximum atomic E-state index is 12.3. The third-order valence-electron chi connectivity index (χ3n) is 3.45. The molecule has 10 heteroatoms. The van der Waals surface area contributed by atoms with E-state index in [2.05, 4.69) is 10.9 Å². The van der Waals surface area contributed by atoms with Crippen LogP contribution in [0.3, 0.4) is 0 Å². The number of carbonyl (C=O) groups is 2. The molecule has 3 rings (SSSR count). The number of halogens is 3. The highest BCUT2D eigenvalue weighted by Gasteiger charge is 2.29. The highest BCUT2D eigenvalue weighted by atomic mass is 32.2. The third kappa shape index (κ3) is 5.07. The first-order chi connectivity index (χ1) is 12.8. The maximum absolute atomic E-state index is 12.3. The number of benzene rings is 2. The summed E-state index contributed by atoms with van der Waals surface area (Å²) in [7, 11) is 0. The number of hydrazine groups is 1. The Morgan fingerprint density at radius 1 is 1.00 bits per heavy atom. The molecule has 0 spiro atoms. The summed E-state index contributed by atoms with van der Waals surface area (Å²) in [5.41, 5.74) is 0.0767. The van der Waals surface area contributed by atoms with Crippen molar-refractivity contribution >= 4 is 23.6 Å². The normalized spacial score (nSPS) is 15.7. The number of amides is 2. The Labute approximate surface area is 156 Å². The zero-order chi connectivity index (χ0) is 19.4. The predicted molar refractivity (Wildman–Crippen MR) is 90.3 cm³/mol. The topological polar surface area (TPSA) is 76.7 Å². The Morgan fingerprint density at radius 2 is 1.67 bits per heavy atom. The van der Waals surface area contributed by atoms with Gasteiger partial charge in [0, 0.05) is 10.5 Å². The molecule has 142 valence electrons. The summed E-state index contributed by atoms with van der Waals surface area (Å²) < 4.78 is 47.8. The van der Waals surface area contributed by atoms with E-state index in [9.17, 15) is 22.8 Å². The average molecular weight is 398 g/mol. The van der Waals surface area contributed by atoms with Gasteiger partial charge in [-0.3, -0.25) is 20.4 Å². The van der Waals surface area contributed by atoms with Crippen LogP contribution in [0.4, 0.5) is 13.2 Å². The van der Waals surface area contributed by atoms with Crippen LogP contribution in [-0.2, 0) is 4.79 Å². The van der Waals surface area contributed by atoms with E-state index in [1.54, 1.807) is 24.3 Å². The molecule has 1 atom stereocenters. The lowest BCUT2D eigenvalue weighted by Crippen LogP contribution is -2.50. The summed E-state index contributed by atoms with van der Waals surface area (Å²) in [5.74, 6) is -0.374. The van der Waals surface area contributed by atoms with Crippen LogP contribution in [0.25, 0.3) is 0 Å². The third-order valence-corrected chi connectivity index (χ3v) is 4.19. The van der Waals surface area contributed by atoms with Crippen LogP contribution in [0, 0.1) is 0 Å². The molecule has 2 aromatic rings. The van der Waals surface area contributed by atoms with E-state index >= 15 is 0 Å². The average Bonchev–Trinajstić information content (AvgIpc) is 2.64. The number of ether oxygens (including phenoxy) is 2. The number of fused-ring (bicyclic) bond motifs is 1. The zero-order valence-corrected chi connectivity index (χ0v) is 14.4. The molecule has 0 aliphatic carbocycles. The predicted octanol–water partition coefficient (Wildman–Crippen LogP) is 2.90. The first-order valence-electron chi connectivity index (χ1n) is 7.66. The van der Waals surface area contributed by atoms with Gasteiger partial charge in [0.2, 0.25) is 6.10 Å². The molecule has 2 N–H and O–H groups in total. The molecule has 2 aromatic carbocycles. The van der Waals surface area contributed by atoms with E-state index in [0.717, 1.165) is 0 Å². The number of hydrogen-bond acceptors (Lipinski definition) is 5. The number of carbonyl (C=O) groups excluding carboxylic acids is 2. The van der Waals surface area contributed by atoms with E-state index in [1.807, 2.05) is 0 Å². The van der Waals surface area contributed by atoms with Crippen LogP contribution >= 0.6 is 11.8 Å². The molecule has 6 nitrogen and oxygen atoms in total. The molecular weight excluding hydrogens is 385 g/mol. The van der Waals surface area contributed by atoms with Gasteiger partial charge in [-0.05, 0) is 48.2 Å². The summed E-state index contributed by atoms with van der Waals surface area (Å²) in [6.45, 7) is -0.0257.